The van der Waals surface area contributed by atoms with Gasteiger partial charge in [-0.15, -0.1) is 11.3 Å². The number of thiophene rings is 1. The Morgan fingerprint density at radius 3 is 2.44 bits per heavy atom. The maximum atomic E-state index is 4.88. The van der Waals surface area contributed by atoms with Crippen LogP contribution in [0.3, 0.4) is 0 Å². The molecule has 4 rings (SSSR count). The highest BCUT2D eigenvalue weighted by Gasteiger charge is 2.19. The van der Waals surface area contributed by atoms with Gasteiger partial charge in [0.05, 0.1) is 10.6 Å². The first kappa shape index (κ1) is 18.1. The molecule has 3 nitrogen and oxygen atoms in total. The molecule has 0 radical (unpaired) electrons. The minimum atomic E-state index is 0.126. The van der Waals surface area contributed by atoms with Gasteiger partial charge in [0.1, 0.15) is 5.71 Å². The summed E-state index contributed by atoms with van der Waals surface area (Å²) in [4.78, 5) is 5.99. The predicted molar refractivity (Wildman–Crippen MR) is 119 cm³/mol. The fourth-order valence-electron chi connectivity index (χ4n) is 2.97. The first-order valence-electron chi connectivity index (χ1n) is 8.79. The number of amidine groups is 1. The molecule has 0 saturated carbocycles. The van der Waals surface area contributed by atoms with E-state index in [1.54, 1.807) is 11.3 Å². The van der Waals surface area contributed by atoms with E-state index in [9.17, 15) is 0 Å². The third-order valence-electron chi connectivity index (χ3n) is 4.50. The lowest BCUT2D eigenvalue weighted by molar-refractivity contribution is 0.590. The van der Waals surface area contributed by atoms with Crippen molar-refractivity contribution in [2.75, 3.05) is 0 Å². The van der Waals surface area contributed by atoms with Gasteiger partial charge in [-0.25, -0.2) is 4.99 Å². The zero-order valence-electron chi connectivity index (χ0n) is 15.5. The second-order valence-corrected chi connectivity index (χ2v) is 9.36. The summed E-state index contributed by atoms with van der Waals surface area (Å²) in [6, 6.07) is 18.8. The molecule has 0 spiro atoms. The summed E-state index contributed by atoms with van der Waals surface area (Å²) in [5.74, 6) is 0.755. The Morgan fingerprint density at radius 2 is 1.78 bits per heavy atom. The summed E-state index contributed by atoms with van der Waals surface area (Å²) in [6.45, 7) is 6.65. The van der Waals surface area contributed by atoms with E-state index in [1.807, 2.05) is 18.2 Å². The molecule has 0 aliphatic carbocycles. The summed E-state index contributed by atoms with van der Waals surface area (Å²) in [7, 11) is 0. The van der Waals surface area contributed by atoms with Gasteiger partial charge in [0, 0.05) is 15.6 Å². The van der Waals surface area contributed by atoms with Crippen molar-refractivity contribution in [3.63, 3.8) is 0 Å². The Morgan fingerprint density at radius 1 is 1.00 bits per heavy atom. The molecule has 1 aliphatic heterocycles. The predicted octanol–water partition coefficient (Wildman–Crippen LogP) is 6.24. The average molecular weight is 438 g/mol. The van der Waals surface area contributed by atoms with E-state index in [0.717, 1.165) is 37.7 Å². The summed E-state index contributed by atoms with van der Waals surface area (Å²) in [6.07, 6.45) is 0. The van der Waals surface area contributed by atoms with Gasteiger partial charge in [-0.1, -0.05) is 67.0 Å². The molecule has 1 aromatic heterocycles. The van der Waals surface area contributed by atoms with E-state index in [1.165, 1.54) is 5.56 Å². The van der Waals surface area contributed by atoms with Gasteiger partial charge < -0.3 is 0 Å². The van der Waals surface area contributed by atoms with Crippen LogP contribution in [0.25, 0.3) is 0 Å². The van der Waals surface area contributed by atoms with Gasteiger partial charge >= 0.3 is 0 Å². The number of rotatable bonds is 2. The lowest BCUT2D eigenvalue weighted by Crippen LogP contribution is -2.20. The van der Waals surface area contributed by atoms with Crippen molar-refractivity contribution in [3.8, 4) is 0 Å². The van der Waals surface area contributed by atoms with Gasteiger partial charge in [0.15, 0.2) is 5.84 Å². The van der Waals surface area contributed by atoms with Crippen molar-refractivity contribution in [1.82, 2.24) is 5.43 Å². The van der Waals surface area contributed by atoms with Crippen LogP contribution in [-0.2, 0) is 5.41 Å². The Hall–Kier alpha value is -2.24. The molecular weight excluding hydrogens is 418 g/mol. The van der Waals surface area contributed by atoms with Gasteiger partial charge in [0.25, 0.3) is 0 Å². The van der Waals surface area contributed by atoms with Crippen molar-refractivity contribution in [2.24, 2.45) is 10.1 Å². The van der Waals surface area contributed by atoms with Crippen LogP contribution in [0.2, 0.25) is 0 Å². The van der Waals surface area contributed by atoms with Crippen LogP contribution in [0.15, 0.2) is 74.5 Å². The number of fused-ring (bicyclic) bond motifs is 1. The molecule has 1 aliphatic rings. The third kappa shape index (κ3) is 3.75. The second-order valence-electron chi connectivity index (χ2n) is 7.50. The maximum absolute atomic E-state index is 4.88. The van der Waals surface area contributed by atoms with Gasteiger partial charge in [0.2, 0.25) is 0 Å². The second kappa shape index (κ2) is 7.06. The lowest BCUT2D eigenvalue weighted by atomic mass is 9.86. The van der Waals surface area contributed by atoms with Gasteiger partial charge in [-0.05, 0) is 40.6 Å². The topological polar surface area (TPSA) is 36.8 Å². The number of nitrogens with one attached hydrogen (secondary N) is 1. The number of hydrogen-bond donors (Lipinski definition) is 1. The van der Waals surface area contributed by atoms with Gasteiger partial charge in [-0.3, -0.25) is 5.43 Å². The van der Waals surface area contributed by atoms with Crippen molar-refractivity contribution in [2.45, 2.75) is 26.2 Å². The highest BCUT2D eigenvalue weighted by molar-refractivity contribution is 9.10. The number of hydrogen-bond acceptors (Lipinski definition) is 4. The first-order valence-corrected chi connectivity index (χ1v) is 10.5. The average Bonchev–Trinajstić information content (AvgIpc) is 3.10. The molecule has 0 saturated heterocycles. The molecule has 0 fully saturated rings. The largest absolute Gasteiger partial charge is 0.260 e. The van der Waals surface area contributed by atoms with E-state index in [0.29, 0.717) is 0 Å². The van der Waals surface area contributed by atoms with E-state index in [-0.39, 0.29) is 5.41 Å². The van der Waals surface area contributed by atoms with E-state index < -0.39 is 0 Å². The zero-order valence-corrected chi connectivity index (χ0v) is 17.9. The molecular formula is C22H20BrN3S. The number of hydrazone groups is 1. The summed E-state index contributed by atoms with van der Waals surface area (Å²) in [5.41, 5.74) is 8.47. The molecule has 2 heterocycles. The molecule has 5 heteroatoms. The summed E-state index contributed by atoms with van der Waals surface area (Å²) < 4.78 is 1.01. The standard InChI is InChI=1S/C22H20BrN3S/c1-22(2,3)15-8-6-14(7-9-15)21-24-18-11-10-16(23)13-17(18)20(25-26-21)19-5-4-12-27-19/h4-13H,1-3H3,(H,24,26). The van der Waals surface area contributed by atoms with Crippen LogP contribution >= 0.6 is 27.3 Å². The quantitative estimate of drug-likeness (QED) is 0.505. The molecule has 136 valence electrons. The van der Waals surface area contributed by atoms with E-state index in [2.05, 4.69) is 83.9 Å². The first-order chi connectivity index (χ1) is 12.9. The smallest absolute Gasteiger partial charge is 0.154 e. The number of halogens is 1. The Bertz CT molecular complexity index is 1030. The van der Waals surface area contributed by atoms with Crippen molar-refractivity contribution in [1.29, 1.82) is 0 Å². The fraction of sp³-hybridized carbons (Fsp3) is 0.182. The number of benzene rings is 2. The molecule has 3 aromatic rings. The highest BCUT2D eigenvalue weighted by Crippen LogP contribution is 2.30. The Labute approximate surface area is 172 Å². The molecule has 0 amide bonds. The molecule has 2 aromatic carbocycles. The molecule has 0 unspecified atom stereocenters. The van der Waals surface area contributed by atoms with E-state index in [4.69, 9.17) is 10.1 Å². The fourth-order valence-corrected chi connectivity index (χ4v) is 4.06. The Kier molecular flexibility index (Phi) is 4.74. The van der Waals surface area contributed by atoms with E-state index >= 15 is 0 Å². The number of aliphatic imine (C=N–C) groups is 1. The minimum Gasteiger partial charge on any atom is -0.260 e. The normalized spacial score (nSPS) is 13.9. The molecule has 0 bridgehead atoms. The van der Waals surface area contributed by atoms with Crippen LogP contribution in [0.1, 0.15) is 42.3 Å². The van der Waals surface area contributed by atoms with Crippen LogP contribution in [-0.4, -0.2) is 11.5 Å². The van der Waals surface area contributed by atoms with Gasteiger partial charge in [-0.2, -0.15) is 5.10 Å². The van der Waals surface area contributed by atoms with Crippen LogP contribution in [0.4, 0.5) is 5.69 Å². The van der Waals surface area contributed by atoms with Crippen molar-refractivity contribution >= 4 is 44.5 Å². The molecule has 0 atom stereocenters. The van der Waals surface area contributed by atoms with Crippen LogP contribution in [0.5, 0.6) is 0 Å². The van der Waals surface area contributed by atoms with Crippen molar-refractivity contribution in [3.05, 3.63) is 86.0 Å². The zero-order chi connectivity index (χ0) is 19.0. The maximum Gasteiger partial charge on any atom is 0.154 e. The number of nitrogens with zero attached hydrogens (tertiary/aromatic N) is 2. The summed E-state index contributed by atoms with van der Waals surface area (Å²) in [5, 5.41) is 6.77. The van der Waals surface area contributed by atoms with Crippen molar-refractivity contribution < 1.29 is 0 Å². The SMILES string of the molecule is CC(C)(C)c1ccc(C2=Nc3ccc(Br)cc3C(c3cccs3)=NN2)cc1. The van der Waals surface area contributed by atoms with Crippen LogP contribution < -0.4 is 5.43 Å². The lowest BCUT2D eigenvalue weighted by Gasteiger charge is -2.19. The monoisotopic (exact) mass is 437 g/mol. The highest BCUT2D eigenvalue weighted by atomic mass is 79.9. The molecule has 27 heavy (non-hydrogen) atoms. The Balaban J connectivity index is 1.79. The molecule has 1 N–H and O–H groups in total. The minimum absolute atomic E-state index is 0.126. The summed E-state index contributed by atoms with van der Waals surface area (Å²) >= 11 is 5.25. The third-order valence-corrected chi connectivity index (χ3v) is 5.87. The van der Waals surface area contributed by atoms with Crippen LogP contribution in [0, 0.1) is 0 Å².